The van der Waals surface area contributed by atoms with Crippen molar-refractivity contribution in [3.8, 4) is 5.69 Å². The van der Waals surface area contributed by atoms with E-state index in [1.165, 1.54) is 22.7 Å². The summed E-state index contributed by atoms with van der Waals surface area (Å²) in [6.07, 6.45) is 0. The molecule has 0 fully saturated rings. The standard InChI is InChI=1S/C17H20ClN3O3/c1-11-8-14(22)15(16(23)20(4)10-17(2,3)24)19-21(11)13-7-5-6-12(18)9-13/h5-9,24H,10H2,1-4H3. The van der Waals surface area contributed by atoms with Gasteiger partial charge in [0, 0.05) is 30.4 Å². The molecule has 1 aromatic carbocycles. The van der Waals surface area contributed by atoms with E-state index in [-0.39, 0.29) is 12.2 Å². The zero-order chi connectivity index (χ0) is 18.1. The maximum Gasteiger partial charge on any atom is 0.278 e. The van der Waals surface area contributed by atoms with Gasteiger partial charge in [-0.2, -0.15) is 5.10 Å². The molecular formula is C17H20ClN3O3. The first-order valence-electron chi connectivity index (χ1n) is 7.43. The molecule has 0 bridgehead atoms. The Labute approximate surface area is 145 Å². The second-order valence-corrected chi connectivity index (χ2v) is 6.80. The monoisotopic (exact) mass is 349 g/mol. The van der Waals surface area contributed by atoms with Gasteiger partial charge in [-0.3, -0.25) is 9.59 Å². The molecule has 1 heterocycles. The van der Waals surface area contributed by atoms with Crippen LogP contribution in [0.2, 0.25) is 5.02 Å². The number of rotatable bonds is 4. The lowest BCUT2D eigenvalue weighted by molar-refractivity contribution is 0.0363. The number of aryl methyl sites for hydroxylation is 1. The highest BCUT2D eigenvalue weighted by molar-refractivity contribution is 6.30. The van der Waals surface area contributed by atoms with Crippen LogP contribution in [0.1, 0.15) is 30.0 Å². The highest BCUT2D eigenvalue weighted by atomic mass is 35.5. The van der Waals surface area contributed by atoms with Crippen molar-refractivity contribution in [1.29, 1.82) is 0 Å². The number of hydrogen-bond donors (Lipinski definition) is 1. The number of aromatic nitrogens is 2. The van der Waals surface area contributed by atoms with Crippen LogP contribution in [0.4, 0.5) is 0 Å². The predicted molar refractivity (Wildman–Crippen MR) is 92.8 cm³/mol. The minimum atomic E-state index is -1.07. The Morgan fingerprint density at radius 1 is 1.38 bits per heavy atom. The first-order valence-corrected chi connectivity index (χ1v) is 7.81. The first-order chi connectivity index (χ1) is 11.1. The van der Waals surface area contributed by atoms with Gasteiger partial charge in [-0.15, -0.1) is 0 Å². The summed E-state index contributed by atoms with van der Waals surface area (Å²) in [7, 11) is 1.52. The molecule has 0 saturated heterocycles. The van der Waals surface area contributed by atoms with E-state index in [0.29, 0.717) is 16.4 Å². The van der Waals surface area contributed by atoms with Gasteiger partial charge >= 0.3 is 0 Å². The first kappa shape index (κ1) is 18.2. The Bertz CT molecular complexity index is 825. The van der Waals surface area contributed by atoms with Crippen LogP contribution in [0, 0.1) is 6.92 Å². The van der Waals surface area contributed by atoms with Crippen LogP contribution in [0.25, 0.3) is 5.69 Å². The SMILES string of the molecule is Cc1cc(=O)c(C(=O)N(C)CC(C)(C)O)nn1-c1cccc(Cl)c1. The van der Waals surface area contributed by atoms with E-state index in [4.69, 9.17) is 11.6 Å². The topological polar surface area (TPSA) is 75.4 Å². The summed E-state index contributed by atoms with van der Waals surface area (Å²) in [6.45, 7) is 4.98. The van der Waals surface area contributed by atoms with Gasteiger partial charge in [0.05, 0.1) is 11.3 Å². The summed E-state index contributed by atoms with van der Waals surface area (Å²) < 4.78 is 1.50. The summed E-state index contributed by atoms with van der Waals surface area (Å²) >= 11 is 6.00. The smallest absolute Gasteiger partial charge is 0.278 e. The largest absolute Gasteiger partial charge is 0.389 e. The van der Waals surface area contributed by atoms with Gasteiger partial charge in [0.1, 0.15) is 0 Å². The zero-order valence-electron chi connectivity index (χ0n) is 14.1. The maximum atomic E-state index is 12.5. The van der Waals surface area contributed by atoms with E-state index >= 15 is 0 Å². The van der Waals surface area contributed by atoms with Gasteiger partial charge in [0.15, 0.2) is 5.69 Å². The van der Waals surface area contributed by atoms with Crippen LogP contribution in [0.15, 0.2) is 35.1 Å². The molecule has 1 amide bonds. The molecule has 24 heavy (non-hydrogen) atoms. The second kappa shape index (κ2) is 6.75. The number of carbonyl (C=O) groups excluding carboxylic acids is 1. The van der Waals surface area contributed by atoms with Crippen LogP contribution in [-0.2, 0) is 0 Å². The third-order valence-corrected chi connectivity index (χ3v) is 3.57. The molecule has 2 rings (SSSR count). The summed E-state index contributed by atoms with van der Waals surface area (Å²) in [5.41, 5.74) is -0.491. The molecule has 7 heteroatoms. The van der Waals surface area contributed by atoms with Crippen molar-refractivity contribution in [3.05, 3.63) is 57.0 Å². The lowest BCUT2D eigenvalue weighted by Crippen LogP contribution is -2.42. The maximum absolute atomic E-state index is 12.5. The number of benzene rings is 1. The van der Waals surface area contributed by atoms with Crippen LogP contribution in [-0.4, -0.2) is 44.9 Å². The molecule has 0 aliphatic heterocycles. The van der Waals surface area contributed by atoms with E-state index in [9.17, 15) is 14.7 Å². The van der Waals surface area contributed by atoms with Crippen LogP contribution in [0.5, 0.6) is 0 Å². The molecule has 0 atom stereocenters. The van der Waals surface area contributed by atoms with Crippen molar-refractivity contribution in [1.82, 2.24) is 14.7 Å². The van der Waals surface area contributed by atoms with E-state index in [0.717, 1.165) is 0 Å². The van der Waals surface area contributed by atoms with Crippen molar-refractivity contribution in [2.75, 3.05) is 13.6 Å². The quantitative estimate of drug-likeness (QED) is 0.916. The summed E-state index contributed by atoms with van der Waals surface area (Å²) in [4.78, 5) is 26.0. The average Bonchev–Trinajstić information content (AvgIpc) is 2.45. The molecule has 0 radical (unpaired) electrons. The van der Waals surface area contributed by atoms with E-state index in [2.05, 4.69) is 5.10 Å². The van der Waals surface area contributed by atoms with Gasteiger partial charge in [-0.05, 0) is 39.0 Å². The van der Waals surface area contributed by atoms with Crippen molar-refractivity contribution in [2.45, 2.75) is 26.4 Å². The number of halogens is 1. The van der Waals surface area contributed by atoms with Gasteiger partial charge in [0.25, 0.3) is 5.91 Å². The van der Waals surface area contributed by atoms with E-state index in [1.807, 2.05) is 0 Å². The molecule has 0 saturated carbocycles. The minimum Gasteiger partial charge on any atom is -0.389 e. The lowest BCUT2D eigenvalue weighted by Gasteiger charge is -2.25. The Balaban J connectivity index is 2.47. The fourth-order valence-corrected chi connectivity index (χ4v) is 2.58. The normalized spacial score (nSPS) is 11.4. The lowest BCUT2D eigenvalue weighted by atomic mass is 10.1. The van der Waals surface area contributed by atoms with Gasteiger partial charge in [0.2, 0.25) is 5.43 Å². The zero-order valence-corrected chi connectivity index (χ0v) is 14.8. The second-order valence-electron chi connectivity index (χ2n) is 6.36. The van der Waals surface area contributed by atoms with Crippen molar-refractivity contribution < 1.29 is 9.90 Å². The molecule has 0 spiro atoms. The summed E-state index contributed by atoms with van der Waals surface area (Å²) in [5, 5.41) is 14.6. The van der Waals surface area contributed by atoms with Crippen LogP contribution in [0.3, 0.4) is 0 Å². The van der Waals surface area contributed by atoms with Crippen LogP contribution < -0.4 is 5.43 Å². The molecule has 1 aromatic heterocycles. The van der Waals surface area contributed by atoms with Crippen molar-refractivity contribution >= 4 is 17.5 Å². The Morgan fingerprint density at radius 3 is 2.62 bits per heavy atom. The molecule has 0 aliphatic rings. The van der Waals surface area contributed by atoms with Crippen molar-refractivity contribution in [2.24, 2.45) is 0 Å². The van der Waals surface area contributed by atoms with Gasteiger partial charge in [-0.1, -0.05) is 17.7 Å². The number of carbonyl (C=O) groups is 1. The molecule has 2 aromatic rings. The van der Waals surface area contributed by atoms with E-state index < -0.39 is 16.9 Å². The van der Waals surface area contributed by atoms with E-state index in [1.54, 1.807) is 45.0 Å². The third-order valence-electron chi connectivity index (χ3n) is 3.33. The summed E-state index contributed by atoms with van der Waals surface area (Å²) in [5.74, 6) is -0.544. The minimum absolute atomic E-state index is 0.0813. The highest BCUT2D eigenvalue weighted by Crippen LogP contribution is 2.15. The number of nitrogens with zero attached hydrogens (tertiary/aromatic N) is 3. The van der Waals surface area contributed by atoms with Gasteiger partial charge in [-0.25, -0.2) is 4.68 Å². The highest BCUT2D eigenvalue weighted by Gasteiger charge is 2.24. The van der Waals surface area contributed by atoms with Crippen molar-refractivity contribution in [3.63, 3.8) is 0 Å². The number of likely N-dealkylation sites (N-methyl/N-ethyl adjacent to an activating group) is 1. The fourth-order valence-electron chi connectivity index (χ4n) is 2.40. The van der Waals surface area contributed by atoms with Gasteiger partial charge < -0.3 is 10.0 Å². The predicted octanol–water partition coefficient (Wildman–Crippen LogP) is 2.04. The molecule has 0 unspecified atom stereocenters. The Kier molecular flexibility index (Phi) is 5.11. The fraction of sp³-hybridized carbons (Fsp3) is 0.353. The number of hydrogen-bond acceptors (Lipinski definition) is 4. The molecule has 6 nitrogen and oxygen atoms in total. The third kappa shape index (κ3) is 4.21. The molecular weight excluding hydrogens is 330 g/mol. The Morgan fingerprint density at radius 2 is 2.04 bits per heavy atom. The number of amides is 1. The number of aliphatic hydroxyl groups is 1. The average molecular weight is 350 g/mol. The molecule has 1 N–H and O–H groups in total. The molecule has 128 valence electrons. The van der Waals surface area contributed by atoms with Crippen LogP contribution >= 0.6 is 11.6 Å². The Hall–Kier alpha value is -2.18. The summed E-state index contributed by atoms with van der Waals surface area (Å²) in [6, 6.07) is 8.33. The molecule has 0 aliphatic carbocycles.